The van der Waals surface area contributed by atoms with Crippen molar-refractivity contribution in [2.75, 3.05) is 0 Å². The maximum Gasteiger partial charge on any atom is 0.322 e. The smallest absolute Gasteiger partial charge is 0.318 e. The van der Waals surface area contributed by atoms with Gasteiger partial charge in [-0.25, -0.2) is 4.79 Å². The van der Waals surface area contributed by atoms with E-state index in [1.165, 1.54) is 11.3 Å². The third kappa shape index (κ3) is 1.13. The Labute approximate surface area is 90.7 Å². The number of imide groups is 1. The van der Waals surface area contributed by atoms with Crippen molar-refractivity contribution in [3.8, 4) is 0 Å². The lowest BCUT2D eigenvalue weighted by atomic mass is 9.91. The van der Waals surface area contributed by atoms with Gasteiger partial charge in [0.1, 0.15) is 0 Å². The van der Waals surface area contributed by atoms with Gasteiger partial charge in [0, 0.05) is 4.88 Å². The molecule has 2 heterocycles. The number of amides is 3. The fourth-order valence-electron chi connectivity index (χ4n) is 2.15. The van der Waals surface area contributed by atoms with E-state index in [-0.39, 0.29) is 17.9 Å². The summed E-state index contributed by atoms with van der Waals surface area (Å²) in [5, 5.41) is 7.06. The quantitative estimate of drug-likeness (QED) is 0.738. The molecule has 5 heteroatoms. The van der Waals surface area contributed by atoms with E-state index in [9.17, 15) is 9.59 Å². The maximum absolute atomic E-state index is 11.9. The van der Waals surface area contributed by atoms with Gasteiger partial charge in [0.25, 0.3) is 5.91 Å². The van der Waals surface area contributed by atoms with Crippen molar-refractivity contribution in [3.05, 3.63) is 22.4 Å². The van der Waals surface area contributed by atoms with Gasteiger partial charge in [0.15, 0.2) is 5.54 Å². The Morgan fingerprint density at radius 3 is 2.67 bits per heavy atom. The molecule has 1 aliphatic carbocycles. The average Bonchev–Trinajstić information content (AvgIpc) is 2.80. The summed E-state index contributed by atoms with van der Waals surface area (Å²) in [4.78, 5) is 24.1. The van der Waals surface area contributed by atoms with E-state index < -0.39 is 5.54 Å². The molecule has 0 aromatic carbocycles. The van der Waals surface area contributed by atoms with Crippen molar-refractivity contribution < 1.29 is 9.59 Å². The number of hydrogen-bond donors (Lipinski definition) is 2. The van der Waals surface area contributed by atoms with Gasteiger partial charge in [-0.2, -0.15) is 0 Å². The van der Waals surface area contributed by atoms with Gasteiger partial charge in [-0.15, -0.1) is 11.3 Å². The average molecular weight is 222 g/mol. The monoisotopic (exact) mass is 222 g/mol. The van der Waals surface area contributed by atoms with Crippen molar-refractivity contribution in [1.82, 2.24) is 10.6 Å². The van der Waals surface area contributed by atoms with E-state index >= 15 is 0 Å². The predicted octanol–water partition coefficient (Wildman–Crippen LogP) is 1.19. The standard InChI is InChI=1S/C10H10N2O2S/c13-8-10(6-3-4-6,12-9(14)11-8)7-2-1-5-15-7/h1-2,5-6H,3-4H2,(H2,11,12,13,14)/t10-/m0/s1. The Kier molecular flexibility index (Phi) is 1.68. The summed E-state index contributed by atoms with van der Waals surface area (Å²) in [6.07, 6.45) is 2.01. The lowest BCUT2D eigenvalue weighted by molar-refractivity contribution is -0.124. The molecular weight excluding hydrogens is 212 g/mol. The second-order valence-corrected chi connectivity index (χ2v) is 4.92. The minimum Gasteiger partial charge on any atom is -0.318 e. The summed E-state index contributed by atoms with van der Waals surface area (Å²) >= 11 is 1.52. The van der Waals surface area contributed by atoms with E-state index in [0.717, 1.165) is 17.7 Å². The summed E-state index contributed by atoms with van der Waals surface area (Å²) in [5.74, 6) is 0.0695. The van der Waals surface area contributed by atoms with E-state index in [0.29, 0.717) is 0 Å². The van der Waals surface area contributed by atoms with E-state index in [2.05, 4.69) is 10.6 Å². The molecule has 3 amide bonds. The van der Waals surface area contributed by atoms with Gasteiger partial charge in [0.2, 0.25) is 0 Å². The predicted molar refractivity (Wildman–Crippen MR) is 55.4 cm³/mol. The molecule has 1 aromatic heterocycles. The Morgan fingerprint density at radius 1 is 1.40 bits per heavy atom. The van der Waals surface area contributed by atoms with Crippen LogP contribution in [0.4, 0.5) is 4.79 Å². The summed E-state index contributed by atoms with van der Waals surface area (Å²) in [6, 6.07) is 3.44. The molecule has 2 fully saturated rings. The van der Waals surface area contributed by atoms with Crippen molar-refractivity contribution in [2.45, 2.75) is 18.4 Å². The van der Waals surface area contributed by atoms with Crippen LogP contribution < -0.4 is 10.6 Å². The van der Waals surface area contributed by atoms with Crippen molar-refractivity contribution in [1.29, 1.82) is 0 Å². The molecule has 0 radical (unpaired) electrons. The fraction of sp³-hybridized carbons (Fsp3) is 0.400. The number of carbonyl (C=O) groups is 2. The van der Waals surface area contributed by atoms with E-state index in [1.807, 2.05) is 17.5 Å². The van der Waals surface area contributed by atoms with E-state index in [1.54, 1.807) is 0 Å². The summed E-state index contributed by atoms with van der Waals surface area (Å²) in [5.41, 5.74) is -0.773. The highest BCUT2D eigenvalue weighted by atomic mass is 32.1. The topological polar surface area (TPSA) is 58.2 Å². The number of rotatable bonds is 2. The molecule has 78 valence electrons. The van der Waals surface area contributed by atoms with Crippen LogP contribution in [0.15, 0.2) is 17.5 Å². The maximum atomic E-state index is 11.9. The normalized spacial score (nSPS) is 30.1. The minimum absolute atomic E-state index is 0.197. The Bertz CT molecular complexity index is 425. The van der Waals surface area contributed by atoms with Gasteiger partial charge in [-0.3, -0.25) is 10.1 Å². The summed E-state index contributed by atoms with van der Waals surface area (Å²) < 4.78 is 0. The van der Waals surface area contributed by atoms with Crippen molar-refractivity contribution >= 4 is 23.3 Å². The molecule has 0 unspecified atom stereocenters. The van der Waals surface area contributed by atoms with Crippen LogP contribution >= 0.6 is 11.3 Å². The largest absolute Gasteiger partial charge is 0.322 e. The fourth-order valence-corrected chi connectivity index (χ4v) is 3.11. The molecule has 1 aromatic rings. The third-order valence-corrected chi connectivity index (χ3v) is 4.00. The molecule has 0 spiro atoms. The Hall–Kier alpha value is -1.36. The van der Waals surface area contributed by atoms with Gasteiger partial charge < -0.3 is 5.32 Å². The second-order valence-electron chi connectivity index (χ2n) is 3.97. The molecule has 0 bridgehead atoms. The number of nitrogens with one attached hydrogen (secondary N) is 2. The first-order chi connectivity index (χ1) is 7.23. The van der Waals surface area contributed by atoms with Gasteiger partial charge in [0.05, 0.1) is 0 Å². The van der Waals surface area contributed by atoms with Crippen LogP contribution in [-0.4, -0.2) is 11.9 Å². The molecule has 2 aliphatic rings. The first-order valence-electron chi connectivity index (χ1n) is 4.91. The van der Waals surface area contributed by atoms with Crippen molar-refractivity contribution in [3.63, 3.8) is 0 Å². The molecule has 1 saturated heterocycles. The first-order valence-corrected chi connectivity index (χ1v) is 5.79. The number of carbonyl (C=O) groups excluding carboxylic acids is 2. The minimum atomic E-state index is -0.773. The van der Waals surface area contributed by atoms with Crippen LogP contribution in [0, 0.1) is 5.92 Å². The van der Waals surface area contributed by atoms with Gasteiger partial charge >= 0.3 is 6.03 Å². The van der Waals surface area contributed by atoms with Crippen LogP contribution in [0.25, 0.3) is 0 Å². The molecule has 2 N–H and O–H groups in total. The highest BCUT2D eigenvalue weighted by molar-refractivity contribution is 7.10. The third-order valence-electron chi connectivity index (χ3n) is 3.00. The number of thiophene rings is 1. The molecule has 15 heavy (non-hydrogen) atoms. The number of hydrogen-bond acceptors (Lipinski definition) is 3. The molecule has 3 rings (SSSR count). The molecule has 1 aliphatic heterocycles. The summed E-state index contributed by atoms with van der Waals surface area (Å²) in [7, 11) is 0. The van der Waals surface area contributed by atoms with Gasteiger partial charge in [-0.05, 0) is 30.2 Å². The van der Waals surface area contributed by atoms with Crippen LogP contribution in [0.3, 0.4) is 0 Å². The molecule has 4 nitrogen and oxygen atoms in total. The van der Waals surface area contributed by atoms with Gasteiger partial charge in [-0.1, -0.05) is 6.07 Å². The lowest BCUT2D eigenvalue weighted by Crippen LogP contribution is -2.45. The highest BCUT2D eigenvalue weighted by Gasteiger charge is 2.57. The van der Waals surface area contributed by atoms with Crippen molar-refractivity contribution in [2.24, 2.45) is 5.92 Å². The molecular formula is C10H10N2O2S. The van der Waals surface area contributed by atoms with Crippen LogP contribution in [0.2, 0.25) is 0 Å². The Balaban J connectivity index is 2.10. The van der Waals surface area contributed by atoms with Crippen LogP contribution in [0.1, 0.15) is 17.7 Å². The SMILES string of the molecule is O=C1NC(=O)[C@@](c2cccs2)(C2CC2)N1. The van der Waals surface area contributed by atoms with Crippen LogP contribution in [-0.2, 0) is 10.3 Å². The van der Waals surface area contributed by atoms with Crippen LogP contribution in [0.5, 0.6) is 0 Å². The number of urea groups is 1. The lowest BCUT2D eigenvalue weighted by Gasteiger charge is -2.24. The highest BCUT2D eigenvalue weighted by Crippen LogP contribution is 2.48. The molecule has 1 saturated carbocycles. The summed E-state index contributed by atoms with van der Waals surface area (Å²) in [6.45, 7) is 0. The zero-order chi connectivity index (χ0) is 10.5. The second kappa shape index (κ2) is 2.82. The Morgan fingerprint density at radius 2 is 2.20 bits per heavy atom. The first kappa shape index (κ1) is 8.91. The zero-order valence-electron chi connectivity index (χ0n) is 7.95. The zero-order valence-corrected chi connectivity index (χ0v) is 8.76. The molecule has 1 atom stereocenters. The van der Waals surface area contributed by atoms with E-state index in [4.69, 9.17) is 0 Å².